The molecule has 0 aliphatic carbocycles. The molecule has 7 heteroatoms. The van der Waals surface area contributed by atoms with Gasteiger partial charge in [0.1, 0.15) is 5.56 Å². The first-order valence-corrected chi connectivity index (χ1v) is 9.60. The number of nitrogens with one attached hydrogen (secondary N) is 1. The Labute approximate surface area is 158 Å². The Hall–Kier alpha value is -1.99. The van der Waals surface area contributed by atoms with Crippen molar-refractivity contribution in [1.29, 1.82) is 0 Å². The number of hydrogen-bond acceptors (Lipinski definition) is 5. The van der Waals surface area contributed by atoms with E-state index in [0.717, 1.165) is 17.2 Å². The van der Waals surface area contributed by atoms with E-state index in [2.05, 4.69) is 10.3 Å². The van der Waals surface area contributed by atoms with Crippen molar-refractivity contribution < 1.29 is 4.79 Å². The van der Waals surface area contributed by atoms with Crippen LogP contribution >= 0.6 is 11.3 Å². The van der Waals surface area contributed by atoms with Crippen LogP contribution < -0.4 is 10.9 Å². The average molecular weight is 377 g/mol. The number of carbonyl (C=O) groups excluding carboxylic acids is 1. The summed E-state index contributed by atoms with van der Waals surface area (Å²) in [6, 6.07) is 1.82. The highest BCUT2D eigenvalue weighted by molar-refractivity contribution is 7.11. The van der Waals surface area contributed by atoms with E-state index in [1.54, 1.807) is 29.0 Å². The van der Waals surface area contributed by atoms with Crippen LogP contribution in [0.3, 0.4) is 0 Å². The molecule has 0 fully saturated rings. The second-order valence-corrected chi connectivity index (χ2v) is 8.24. The zero-order valence-corrected chi connectivity index (χ0v) is 17.2. The van der Waals surface area contributed by atoms with Gasteiger partial charge in [-0.2, -0.15) is 0 Å². The van der Waals surface area contributed by atoms with Crippen LogP contribution in [0.2, 0.25) is 0 Å². The summed E-state index contributed by atoms with van der Waals surface area (Å²) in [6.45, 7) is 8.99. The van der Waals surface area contributed by atoms with Gasteiger partial charge in [0, 0.05) is 36.6 Å². The summed E-state index contributed by atoms with van der Waals surface area (Å²) >= 11 is 1.65. The molecule has 1 amide bonds. The van der Waals surface area contributed by atoms with Gasteiger partial charge < -0.3 is 14.8 Å². The molecule has 0 spiro atoms. The predicted molar refractivity (Wildman–Crippen MR) is 106 cm³/mol. The summed E-state index contributed by atoms with van der Waals surface area (Å²) in [5.74, 6) is -0.316. The summed E-state index contributed by atoms with van der Waals surface area (Å²) in [5, 5.41) is 3.87. The lowest BCUT2D eigenvalue weighted by molar-refractivity contribution is 0.0951. The minimum absolute atomic E-state index is 0.00841. The van der Waals surface area contributed by atoms with Gasteiger partial charge in [-0.25, -0.2) is 4.98 Å². The molecular formula is C19H28N4O2S. The molecule has 142 valence electrons. The van der Waals surface area contributed by atoms with Crippen LogP contribution in [0.15, 0.2) is 17.1 Å². The van der Waals surface area contributed by atoms with Crippen molar-refractivity contribution in [1.82, 2.24) is 19.8 Å². The second kappa shape index (κ2) is 8.60. The van der Waals surface area contributed by atoms with E-state index in [4.69, 9.17) is 0 Å². The Morgan fingerprint density at radius 2 is 2.04 bits per heavy atom. The predicted octanol–water partition coefficient (Wildman–Crippen LogP) is 2.33. The Bertz CT molecular complexity index is 819. The Morgan fingerprint density at radius 1 is 1.35 bits per heavy atom. The normalized spacial score (nSPS) is 12.4. The molecular weight excluding hydrogens is 348 g/mol. The lowest BCUT2D eigenvalue weighted by Crippen LogP contribution is -2.37. The summed E-state index contributed by atoms with van der Waals surface area (Å²) in [5.41, 5.74) is 1.72. The third-order valence-electron chi connectivity index (χ3n) is 4.36. The van der Waals surface area contributed by atoms with Crippen LogP contribution in [0.4, 0.5) is 0 Å². The van der Waals surface area contributed by atoms with Gasteiger partial charge in [0.15, 0.2) is 0 Å². The molecule has 1 atom stereocenters. The lowest BCUT2D eigenvalue weighted by Gasteiger charge is -2.20. The molecule has 2 heterocycles. The van der Waals surface area contributed by atoms with Crippen molar-refractivity contribution in [3.05, 3.63) is 49.3 Å². The van der Waals surface area contributed by atoms with Gasteiger partial charge >= 0.3 is 0 Å². The number of hydrogen-bond donors (Lipinski definition) is 1. The van der Waals surface area contributed by atoms with Gasteiger partial charge in [0.05, 0.1) is 10.7 Å². The summed E-state index contributed by atoms with van der Waals surface area (Å²) in [6.07, 6.45) is 2.44. The zero-order valence-electron chi connectivity index (χ0n) is 16.4. The first kappa shape index (κ1) is 20.3. The van der Waals surface area contributed by atoms with E-state index in [-0.39, 0.29) is 23.1 Å². The van der Waals surface area contributed by atoms with Crippen LogP contribution in [0, 0.1) is 20.8 Å². The molecule has 2 rings (SSSR count). The van der Waals surface area contributed by atoms with Gasteiger partial charge in [-0.3, -0.25) is 9.59 Å². The van der Waals surface area contributed by atoms with Gasteiger partial charge in [-0.15, -0.1) is 11.3 Å². The number of pyridine rings is 1. The Balaban J connectivity index is 2.11. The smallest absolute Gasteiger partial charge is 0.263 e. The maximum absolute atomic E-state index is 12.8. The van der Waals surface area contributed by atoms with Gasteiger partial charge in [-0.1, -0.05) is 0 Å². The van der Waals surface area contributed by atoms with Crippen molar-refractivity contribution in [2.24, 2.45) is 0 Å². The fourth-order valence-electron chi connectivity index (χ4n) is 2.90. The number of likely N-dealkylation sites (N-methyl/N-ethyl adjacent to an activating group) is 1. The average Bonchev–Trinajstić information content (AvgIpc) is 2.84. The molecule has 0 aliphatic rings. The standard InChI is InChI=1S/C19H28N4O2S/c1-12-8-10-23(13(2)11-22(5)6)19(25)17(12)18(24)20-9-7-16-21-14(3)15(4)26-16/h8,10,13H,7,9,11H2,1-6H3,(H,20,24). The second-order valence-electron chi connectivity index (χ2n) is 6.95. The van der Waals surface area contributed by atoms with Crippen molar-refractivity contribution in [2.75, 3.05) is 27.2 Å². The number of nitrogens with zero attached hydrogens (tertiary/aromatic N) is 3. The number of carbonyl (C=O) groups is 1. The number of amides is 1. The fourth-order valence-corrected chi connectivity index (χ4v) is 3.83. The number of aromatic nitrogens is 2. The van der Waals surface area contributed by atoms with E-state index in [0.29, 0.717) is 18.5 Å². The molecule has 0 aromatic carbocycles. The molecule has 0 bridgehead atoms. The molecule has 1 unspecified atom stereocenters. The van der Waals surface area contributed by atoms with Crippen LogP contribution in [-0.4, -0.2) is 47.5 Å². The van der Waals surface area contributed by atoms with E-state index < -0.39 is 0 Å². The number of aryl methyl sites for hydroxylation is 3. The first-order chi connectivity index (χ1) is 12.2. The van der Waals surface area contributed by atoms with Crippen molar-refractivity contribution in [3.63, 3.8) is 0 Å². The number of rotatable bonds is 7. The van der Waals surface area contributed by atoms with E-state index in [9.17, 15) is 9.59 Å². The van der Waals surface area contributed by atoms with Gasteiger partial charge in [0.2, 0.25) is 0 Å². The largest absolute Gasteiger partial charge is 0.351 e. The summed E-state index contributed by atoms with van der Waals surface area (Å²) in [7, 11) is 3.93. The topological polar surface area (TPSA) is 67.2 Å². The fraction of sp³-hybridized carbons (Fsp3) is 0.526. The molecule has 0 radical (unpaired) electrons. The van der Waals surface area contributed by atoms with E-state index in [1.165, 1.54) is 4.88 Å². The highest BCUT2D eigenvalue weighted by atomic mass is 32.1. The molecule has 2 aromatic heterocycles. The van der Waals surface area contributed by atoms with Crippen LogP contribution in [-0.2, 0) is 6.42 Å². The zero-order chi connectivity index (χ0) is 19.4. The summed E-state index contributed by atoms with van der Waals surface area (Å²) in [4.78, 5) is 33.1. The highest BCUT2D eigenvalue weighted by Gasteiger charge is 2.18. The Kier molecular flexibility index (Phi) is 6.72. The van der Waals surface area contributed by atoms with Gasteiger partial charge in [0.25, 0.3) is 11.5 Å². The SMILES string of the molecule is Cc1ccn(C(C)CN(C)C)c(=O)c1C(=O)NCCc1nc(C)c(C)s1. The van der Waals surface area contributed by atoms with Crippen LogP contribution in [0.25, 0.3) is 0 Å². The van der Waals surface area contributed by atoms with Gasteiger partial charge in [-0.05, 0) is 53.4 Å². The Morgan fingerprint density at radius 3 is 2.62 bits per heavy atom. The third kappa shape index (κ3) is 4.80. The van der Waals surface area contributed by atoms with Crippen LogP contribution in [0.5, 0.6) is 0 Å². The highest BCUT2D eigenvalue weighted by Crippen LogP contribution is 2.16. The molecule has 2 aromatic rings. The maximum atomic E-state index is 12.8. The van der Waals surface area contributed by atoms with E-state index in [1.807, 2.05) is 45.8 Å². The maximum Gasteiger partial charge on any atom is 0.263 e. The lowest BCUT2D eigenvalue weighted by atomic mass is 10.1. The van der Waals surface area contributed by atoms with Crippen molar-refractivity contribution in [2.45, 2.75) is 40.2 Å². The quantitative estimate of drug-likeness (QED) is 0.805. The van der Waals surface area contributed by atoms with E-state index >= 15 is 0 Å². The molecule has 0 saturated heterocycles. The third-order valence-corrected chi connectivity index (χ3v) is 5.49. The van der Waals surface area contributed by atoms with Crippen molar-refractivity contribution >= 4 is 17.2 Å². The minimum Gasteiger partial charge on any atom is -0.351 e. The molecule has 0 saturated carbocycles. The molecule has 26 heavy (non-hydrogen) atoms. The van der Waals surface area contributed by atoms with Crippen LogP contribution in [0.1, 0.15) is 44.5 Å². The monoisotopic (exact) mass is 376 g/mol. The minimum atomic E-state index is -0.316. The number of thiazole rings is 1. The summed E-state index contributed by atoms with van der Waals surface area (Å²) < 4.78 is 1.63. The molecule has 6 nitrogen and oxygen atoms in total. The molecule has 1 N–H and O–H groups in total. The molecule has 0 aliphatic heterocycles. The van der Waals surface area contributed by atoms with Crippen molar-refractivity contribution in [3.8, 4) is 0 Å². The first-order valence-electron chi connectivity index (χ1n) is 8.78.